The van der Waals surface area contributed by atoms with Crippen LogP contribution in [0.1, 0.15) is 26.2 Å². The lowest BCUT2D eigenvalue weighted by atomic mass is 10.2. The molecule has 0 aromatic carbocycles. The first-order chi connectivity index (χ1) is 5.86. The molecule has 1 heterocycles. The van der Waals surface area contributed by atoms with Crippen molar-refractivity contribution in [3.63, 3.8) is 0 Å². The molecule has 1 aliphatic heterocycles. The van der Waals surface area contributed by atoms with Gasteiger partial charge >= 0.3 is 0 Å². The summed E-state index contributed by atoms with van der Waals surface area (Å²) < 4.78 is 5.46. The van der Waals surface area contributed by atoms with Crippen molar-refractivity contribution in [1.82, 2.24) is 5.43 Å². The molecule has 0 aromatic heterocycles. The molecule has 1 unspecified atom stereocenters. The summed E-state index contributed by atoms with van der Waals surface area (Å²) in [7, 11) is 0. The van der Waals surface area contributed by atoms with Crippen molar-refractivity contribution in [2.75, 3.05) is 13.2 Å². The van der Waals surface area contributed by atoms with Crippen LogP contribution in [-0.2, 0) is 4.74 Å². The fraction of sp³-hybridized carbons (Fsp3) is 0.875. The van der Waals surface area contributed by atoms with Gasteiger partial charge in [-0.1, -0.05) is 0 Å². The van der Waals surface area contributed by atoms with Crippen LogP contribution in [0.3, 0.4) is 0 Å². The van der Waals surface area contributed by atoms with Crippen LogP contribution in [0.15, 0.2) is 4.99 Å². The molecule has 1 atom stereocenters. The molecule has 1 saturated heterocycles. The highest BCUT2D eigenvalue weighted by molar-refractivity contribution is 5.82. The lowest BCUT2D eigenvalue weighted by Crippen LogP contribution is -2.33. The average Bonchev–Trinajstić information content (AvgIpc) is 2.56. The van der Waals surface area contributed by atoms with E-state index in [1.807, 2.05) is 6.92 Å². The number of nitrogens with one attached hydrogen (secondary N) is 1. The highest BCUT2D eigenvalue weighted by Gasteiger charge is 2.17. The second-order valence-corrected chi connectivity index (χ2v) is 2.90. The fourth-order valence-electron chi connectivity index (χ4n) is 1.38. The largest absolute Gasteiger partial charge is 0.378 e. The van der Waals surface area contributed by atoms with Crippen molar-refractivity contribution >= 4 is 5.84 Å². The van der Waals surface area contributed by atoms with Gasteiger partial charge in [0.25, 0.3) is 0 Å². The molecule has 12 heavy (non-hydrogen) atoms. The van der Waals surface area contributed by atoms with Gasteiger partial charge in [-0.05, 0) is 19.8 Å². The Morgan fingerprint density at radius 2 is 2.58 bits per heavy atom. The van der Waals surface area contributed by atoms with E-state index in [0.717, 1.165) is 38.2 Å². The topological polar surface area (TPSA) is 59.6 Å². The smallest absolute Gasteiger partial charge is 0.113 e. The zero-order valence-corrected chi connectivity index (χ0v) is 7.55. The zero-order chi connectivity index (χ0) is 8.81. The Labute approximate surface area is 73.2 Å². The highest BCUT2D eigenvalue weighted by Crippen LogP contribution is 2.15. The molecular formula is C8H17N3O. The molecule has 4 nitrogen and oxygen atoms in total. The van der Waals surface area contributed by atoms with Gasteiger partial charge in [-0.2, -0.15) is 0 Å². The third-order valence-corrected chi connectivity index (χ3v) is 1.96. The van der Waals surface area contributed by atoms with E-state index in [-0.39, 0.29) is 0 Å². The minimum absolute atomic E-state index is 0.325. The summed E-state index contributed by atoms with van der Waals surface area (Å²) in [5.74, 6) is 6.15. The van der Waals surface area contributed by atoms with Crippen LogP contribution < -0.4 is 11.3 Å². The number of hydrogen-bond donors (Lipinski definition) is 2. The van der Waals surface area contributed by atoms with Crippen molar-refractivity contribution in [1.29, 1.82) is 0 Å². The van der Waals surface area contributed by atoms with Crippen LogP contribution >= 0.6 is 0 Å². The summed E-state index contributed by atoms with van der Waals surface area (Å²) in [5, 5.41) is 0. The molecule has 4 heteroatoms. The quantitative estimate of drug-likeness (QED) is 0.280. The van der Waals surface area contributed by atoms with Gasteiger partial charge in [0.1, 0.15) is 5.84 Å². The van der Waals surface area contributed by atoms with Crippen LogP contribution in [-0.4, -0.2) is 25.1 Å². The van der Waals surface area contributed by atoms with Crippen molar-refractivity contribution in [3.05, 3.63) is 0 Å². The Balaban J connectivity index is 2.30. The molecule has 1 rings (SSSR count). The number of hydrogen-bond acceptors (Lipinski definition) is 3. The Hall–Kier alpha value is -0.610. The number of rotatable bonds is 3. The Morgan fingerprint density at radius 1 is 1.75 bits per heavy atom. The molecule has 0 radical (unpaired) electrons. The molecule has 0 amide bonds. The lowest BCUT2D eigenvalue weighted by molar-refractivity contribution is 0.116. The first-order valence-corrected chi connectivity index (χ1v) is 4.48. The number of ether oxygens (including phenoxy) is 1. The van der Waals surface area contributed by atoms with Crippen LogP contribution in [0.25, 0.3) is 0 Å². The van der Waals surface area contributed by atoms with E-state index >= 15 is 0 Å². The Kier molecular flexibility index (Phi) is 4.04. The van der Waals surface area contributed by atoms with Gasteiger partial charge in [0.2, 0.25) is 0 Å². The molecule has 0 spiro atoms. The third kappa shape index (κ3) is 2.79. The molecular weight excluding hydrogens is 154 g/mol. The second-order valence-electron chi connectivity index (χ2n) is 2.90. The molecule has 0 aromatic rings. The van der Waals surface area contributed by atoms with E-state index in [2.05, 4.69) is 10.4 Å². The normalized spacial score (nSPS) is 24.5. The van der Waals surface area contributed by atoms with Crippen molar-refractivity contribution in [2.24, 2.45) is 10.8 Å². The number of hydrazine groups is 1. The number of amidine groups is 1. The van der Waals surface area contributed by atoms with E-state index in [1.165, 1.54) is 0 Å². The molecule has 0 bridgehead atoms. The van der Waals surface area contributed by atoms with Gasteiger partial charge in [0.05, 0.1) is 6.10 Å². The summed E-state index contributed by atoms with van der Waals surface area (Å²) in [6.45, 7) is 3.65. The van der Waals surface area contributed by atoms with Crippen molar-refractivity contribution < 1.29 is 4.74 Å². The van der Waals surface area contributed by atoms with Crippen molar-refractivity contribution in [3.8, 4) is 0 Å². The maximum absolute atomic E-state index is 5.46. The first-order valence-electron chi connectivity index (χ1n) is 4.48. The summed E-state index contributed by atoms with van der Waals surface area (Å²) >= 11 is 0. The SMILES string of the molecule is CCN=C(CC1CCCO1)NN. The maximum Gasteiger partial charge on any atom is 0.113 e. The Morgan fingerprint density at radius 3 is 3.08 bits per heavy atom. The average molecular weight is 171 g/mol. The van der Waals surface area contributed by atoms with Crippen LogP contribution in [0.5, 0.6) is 0 Å². The number of nitrogens with two attached hydrogens (primary N) is 1. The lowest BCUT2D eigenvalue weighted by Gasteiger charge is -2.10. The fourth-order valence-corrected chi connectivity index (χ4v) is 1.38. The molecule has 3 N–H and O–H groups in total. The molecule has 1 fully saturated rings. The van der Waals surface area contributed by atoms with Gasteiger partial charge in [-0.3, -0.25) is 4.99 Å². The van der Waals surface area contributed by atoms with Gasteiger partial charge in [0, 0.05) is 19.6 Å². The summed E-state index contributed by atoms with van der Waals surface area (Å²) in [5.41, 5.74) is 2.60. The van der Waals surface area contributed by atoms with E-state index < -0.39 is 0 Å². The summed E-state index contributed by atoms with van der Waals surface area (Å²) in [6, 6.07) is 0. The van der Waals surface area contributed by atoms with E-state index in [4.69, 9.17) is 10.6 Å². The van der Waals surface area contributed by atoms with Crippen LogP contribution in [0, 0.1) is 0 Å². The van der Waals surface area contributed by atoms with Gasteiger partial charge in [-0.25, -0.2) is 5.84 Å². The summed E-state index contributed by atoms with van der Waals surface area (Å²) in [4.78, 5) is 4.21. The molecule has 0 saturated carbocycles. The standard InChI is InChI=1S/C8H17N3O/c1-2-10-8(11-9)6-7-4-3-5-12-7/h7H,2-6,9H2,1H3,(H,10,11). The highest BCUT2D eigenvalue weighted by atomic mass is 16.5. The third-order valence-electron chi connectivity index (χ3n) is 1.96. The van der Waals surface area contributed by atoms with E-state index in [1.54, 1.807) is 0 Å². The molecule has 0 aliphatic carbocycles. The predicted octanol–water partition coefficient (Wildman–Crippen LogP) is 0.437. The van der Waals surface area contributed by atoms with E-state index in [0.29, 0.717) is 6.10 Å². The summed E-state index contributed by atoms with van der Waals surface area (Å²) in [6.07, 6.45) is 3.44. The minimum Gasteiger partial charge on any atom is -0.378 e. The van der Waals surface area contributed by atoms with Crippen LogP contribution in [0.4, 0.5) is 0 Å². The van der Waals surface area contributed by atoms with Crippen LogP contribution in [0.2, 0.25) is 0 Å². The monoisotopic (exact) mass is 171 g/mol. The number of aliphatic imine (C=N–C) groups is 1. The van der Waals surface area contributed by atoms with Crippen molar-refractivity contribution in [2.45, 2.75) is 32.3 Å². The van der Waals surface area contributed by atoms with Gasteiger partial charge < -0.3 is 10.2 Å². The second kappa shape index (κ2) is 5.11. The Bertz CT molecular complexity index is 152. The predicted molar refractivity (Wildman–Crippen MR) is 48.9 cm³/mol. The van der Waals surface area contributed by atoms with E-state index in [9.17, 15) is 0 Å². The maximum atomic E-state index is 5.46. The minimum atomic E-state index is 0.325. The van der Waals surface area contributed by atoms with Gasteiger partial charge in [-0.15, -0.1) is 0 Å². The molecule has 70 valence electrons. The first kappa shape index (κ1) is 9.48. The zero-order valence-electron chi connectivity index (χ0n) is 7.55. The number of nitrogens with zero attached hydrogens (tertiary/aromatic N) is 1. The van der Waals surface area contributed by atoms with Gasteiger partial charge in [0.15, 0.2) is 0 Å². The molecule has 1 aliphatic rings.